The average molecular weight is 266 g/mol. The smallest absolute Gasteiger partial charge is 0.150 e. The van der Waals surface area contributed by atoms with Crippen molar-refractivity contribution < 1.29 is 9.53 Å². The number of carbonyl (C=O) groups is 1. The molecule has 4 nitrogen and oxygen atoms in total. The van der Waals surface area contributed by atoms with Crippen molar-refractivity contribution in [3.63, 3.8) is 0 Å². The van der Waals surface area contributed by atoms with Crippen LogP contribution in [0, 0.1) is 6.92 Å². The van der Waals surface area contributed by atoms with E-state index in [0.29, 0.717) is 5.56 Å². The third kappa shape index (κ3) is 1.95. The second-order valence-corrected chi connectivity index (χ2v) is 4.56. The molecular weight excluding hydrogens is 252 g/mol. The van der Waals surface area contributed by atoms with Crippen molar-refractivity contribution in [1.82, 2.24) is 9.55 Å². The van der Waals surface area contributed by atoms with Crippen LogP contribution in [0.5, 0.6) is 5.75 Å². The molecule has 0 aliphatic carbocycles. The average Bonchev–Trinajstić information content (AvgIpc) is 2.82. The van der Waals surface area contributed by atoms with Gasteiger partial charge in [-0.2, -0.15) is 0 Å². The number of methoxy groups -OCH3 is 1. The summed E-state index contributed by atoms with van der Waals surface area (Å²) in [5.41, 5.74) is 3.46. The van der Waals surface area contributed by atoms with Gasteiger partial charge in [-0.15, -0.1) is 0 Å². The molecule has 0 unspecified atom stereocenters. The summed E-state index contributed by atoms with van der Waals surface area (Å²) in [6, 6.07) is 13.3. The second-order valence-electron chi connectivity index (χ2n) is 4.56. The summed E-state index contributed by atoms with van der Waals surface area (Å²) in [5, 5.41) is 0. The van der Waals surface area contributed by atoms with E-state index in [9.17, 15) is 4.79 Å². The number of aldehydes is 1. The largest absolute Gasteiger partial charge is 0.497 e. The molecule has 0 aliphatic heterocycles. The number of nitrogens with zero attached hydrogens (tertiary/aromatic N) is 2. The lowest BCUT2D eigenvalue weighted by Gasteiger charge is -2.08. The Kier molecular flexibility index (Phi) is 2.99. The Morgan fingerprint density at radius 1 is 1.15 bits per heavy atom. The van der Waals surface area contributed by atoms with Crippen LogP contribution in [0.2, 0.25) is 0 Å². The number of fused-ring (bicyclic) bond motifs is 1. The summed E-state index contributed by atoms with van der Waals surface area (Å²) in [4.78, 5) is 15.3. The topological polar surface area (TPSA) is 44.1 Å². The molecule has 2 aromatic carbocycles. The zero-order valence-electron chi connectivity index (χ0n) is 11.3. The van der Waals surface area contributed by atoms with E-state index < -0.39 is 0 Å². The first-order chi connectivity index (χ1) is 9.72. The highest BCUT2D eigenvalue weighted by atomic mass is 16.5. The third-order valence-electron chi connectivity index (χ3n) is 3.31. The highest BCUT2D eigenvalue weighted by molar-refractivity contribution is 5.86. The Balaban J connectivity index is 2.19. The first kappa shape index (κ1) is 12.4. The van der Waals surface area contributed by atoms with Gasteiger partial charge in [-0.3, -0.25) is 9.36 Å². The maximum Gasteiger partial charge on any atom is 0.150 e. The fourth-order valence-corrected chi connectivity index (χ4v) is 2.35. The first-order valence-electron chi connectivity index (χ1n) is 6.31. The van der Waals surface area contributed by atoms with Crippen LogP contribution < -0.4 is 4.74 Å². The summed E-state index contributed by atoms with van der Waals surface area (Å²) in [6.07, 6.45) is 0.834. The number of hydrogen-bond donors (Lipinski definition) is 0. The van der Waals surface area contributed by atoms with Gasteiger partial charge in [-0.05, 0) is 49.4 Å². The molecule has 100 valence electrons. The van der Waals surface area contributed by atoms with Gasteiger partial charge < -0.3 is 4.74 Å². The summed E-state index contributed by atoms with van der Waals surface area (Å²) < 4.78 is 7.23. The van der Waals surface area contributed by atoms with E-state index in [-0.39, 0.29) is 0 Å². The minimum absolute atomic E-state index is 0.636. The van der Waals surface area contributed by atoms with Gasteiger partial charge in [0.1, 0.15) is 17.9 Å². The standard InChI is InChI=1S/C16H14N2O2/c1-11-17-15-9-12(10-19)3-8-16(15)18(11)13-4-6-14(20-2)7-5-13/h3-10H,1-2H3. The number of hydrogen-bond acceptors (Lipinski definition) is 3. The summed E-state index contributed by atoms with van der Waals surface area (Å²) in [7, 11) is 1.65. The SMILES string of the molecule is COc1ccc(-n2c(C)nc3cc(C=O)ccc32)cc1. The Hall–Kier alpha value is -2.62. The van der Waals surface area contributed by atoms with Crippen molar-refractivity contribution in [2.24, 2.45) is 0 Å². The Bertz CT molecular complexity index is 773. The van der Waals surface area contributed by atoms with Crippen molar-refractivity contribution in [3.05, 3.63) is 53.9 Å². The van der Waals surface area contributed by atoms with Crippen molar-refractivity contribution in [1.29, 1.82) is 0 Å². The Labute approximate surface area is 116 Å². The predicted octanol–water partition coefficient (Wildman–Crippen LogP) is 3.16. The van der Waals surface area contributed by atoms with E-state index >= 15 is 0 Å². The van der Waals surface area contributed by atoms with Crippen molar-refractivity contribution in [3.8, 4) is 11.4 Å². The molecule has 20 heavy (non-hydrogen) atoms. The lowest BCUT2D eigenvalue weighted by atomic mass is 10.2. The van der Waals surface area contributed by atoms with Crippen molar-refractivity contribution in [2.45, 2.75) is 6.92 Å². The Morgan fingerprint density at radius 3 is 2.55 bits per heavy atom. The number of carbonyl (C=O) groups excluding carboxylic acids is 1. The molecule has 1 heterocycles. The molecule has 0 fully saturated rings. The quantitative estimate of drug-likeness (QED) is 0.684. The van der Waals surface area contributed by atoms with Gasteiger partial charge in [0.05, 0.1) is 18.1 Å². The third-order valence-corrected chi connectivity index (χ3v) is 3.31. The maximum atomic E-state index is 10.8. The number of aryl methyl sites for hydroxylation is 1. The fraction of sp³-hybridized carbons (Fsp3) is 0.125. The molecule has 0 spiro atoms. The van der Waals surface area contributed by atoms with E-state index in [1.165, 1.54) is 0 Å². The van der Waals surface area contributed by atoms with Crippen LogP contribution in [0.1, 0.15) is 16.2 Å². The second kappa shape index (κ2) is 4.81. The van der Waals surface area contributed by atoms with Crippen LogP contribution in [0.15, 0.2) is 42.5 Å². The first-order valence-corrected chi connectivity index (χ1v) is 6.31. The molecule has 0 radical (unpaired) electrons. The van der Waals surface area contributed by atoms with Gasteiger partial charge in [-0.25, -0.2) is 4.98 Å². The molecule has 0 aliphatic rings. The fourth-order valence-electron chi connectivity index (χ4n) is 2.35. The van der Waals surface area contributed by atoms with E-state index in [1.807, 2.05) is 37.3 Å². The van der Waals surface area contributed by atoms with Gasteiger partial charge in [0.25, 0.3) is 0 Å². The van der Waals surface area contributed by atoms with Crippen LogP contribution in [0.25, 0.3) is 16.7 Å². The number of imidazole rings is 1. The number of rotatable bonds is 3. The van der Waals surface area contributed by atoms with Crippen molar-refractivity contribution >= 4 is 17.3 Å². The molecule has 4 heteroatoms. The maximum absolute atomic E-state index is 10.8. The summed E-state index contributed by atoms with van der Waals surface area (Å²) >= 11 is 0. The van der Waals surface area contributed by atoms with Crippen LogP contribution in [-0.2, 0) is 0 Å². The zero-order valence-corrected chi connectivity index (χ0v) is 11.3. The molecule has 3 rings (SSSR count). The van der Waals surface area contributed by atoms with Gasteiger partial charge in [0.2, 0.25) is 0 Å². The molecule has 3 aromatic rings. The van der Waals surface area contributed by atoms with E-state index in [4.69, 9.17) is 4.74 Å². The lowest BCUT2D eigenvalue weighted by molar-refractivity contribution is 0.112. The molecule has 0 bridgehead atoms. The van der Waals surface area contributed by atoms with Gasteiger partial charge in [-0.1, -0.05) is 0 Å². The predicted molar refractivity (Wildman–Crippen MR) is 77.7 cm³/mol. The minimum atomic E-state index is 0.636. The molecule has 1 aromatic heterocycles. The van der Waals surface area contributed by atoms with Gasteiger partial charge >= 0.3 is 0 Å². The van der Waals surface area contributed by atoms with E-state index in [1.54, 1.807) is 19.2 Å². The van der Waals surface area contributed by atoms with E-state index in [0.717, 1.165) is 34.6 Å². The Morgan fingerprint density at radius 2 is 1.90 bits per heavy atom. The van der Waals surface area contributed by atoms with Crippen LogP contribution in [-0.4, -0.2) is 22.9 Å². The highest BCUT2D eigenvalue weighted by Crippen LogP contribution is 2.23. The molecule has 0 atom stereocenters. The normalized spacial score (nSPS) is 10.7. The van der Waals surface area contributed by atoms with Gasteiger partial charge in [0.15, 0.2) is 0 Å². The van der Waals surface area contributed by atoms with Gasteiger partial charge in [0, 0.05) is 11.3 Å². The molecule has 0 saturated carbocycles. The van der Waals surface area contributed by atoms with Crippen LogP contribution in [0.3, 0.4) is 0 Å². The minimum Gasteiger partial charge on any atom is -0.497 e. The monoisotopic (exact) mass is 266 g/mol. The lowest BCUT2D eigenvalue weighted by Crippen LogP contribution is -1.96. The summed E-state index contributed by atoms with van der Waals surface area (Å²) in [5.74, 6) is 1.70. The van der Waals surface area contributed by atoms with Crippen LogP contribution in [0.4, 0.5) is 0 Å². The van der Waals surface area contributed by atoms with E-state index in [2.05, 4.69) is 9.55 Å². The summed E-state index contributed by atoms with van der Waals surface area (Å²) in [6.45, 7) is 1.95. The number of ether oxygens (including phenoxy) is 1. The number of benzene rings is 2. The molecule has 0 N–H and O–H groups in total. The van der Waals surface area contributed by atoms with Crippen molar-refractivity contribution in [2.75, 3.05) is 7.11 Å². The highest BCUT2D eigenvalue weighted by Gasteiger charge is 2.09. The zero-order chi connectivity index (χ0) is 14.1. The van der Waals surface area contributed by atoms with Crippen LogP contribution >= 0.6 is 0 Å². The molecule has 0 saturated heterocycles. The molecule has 0 amide bonds. The molecular formula is C16H14N2O2. The number of aromatic nitrogens is 2.